The highest BCUT2D eigenvalue weighted by atomic mass is 35.5. The first kappa shape index (κ1) is 24.8. The second kappa shape index (κ2) is 11.9. The Morgan fingerprint density at radius 1 is 0.914 bits per heavy atom. The third-order valence-corrected chi connectivity index (χ3v) is 6.56. The summed E-state index contributed by atoms with van der Waals surface area (Å²) in [6, 6.07) is 23.7. The Bertz CT molecular complexity index is 1130. The van der Waals surface area contributed by atoms with Gasteiger partial charge in [0.25, 0.3) is 5.91 Å². The Hall–Kier alpha value is -3.35. The van der Waals surface area contributed by atoms with Crippen LogP contribution < -0.4 is 15.5 Å². The SMILES string of the molecule is CCN1CCN(c2ccc(Cl)cc2NC(=O)CC(NC(=O)c2ccccc2)c2ccccc2)CC1. The van der Waals surface area contributed by atoms with Crippen molar-refractivity contribution in [3.05, 3.63) is 95.0 Å². The van der Waals surface area contributed by atoms with Gasteiger partial charge in [0.1, 0.15) is 0 Å². The number of halogens is 1. The molecule has 0 radical (unpaired) electrons. The van der Waals surface area contributed by atoms with Crippen LogP contribution in [-0.2, 0) is 4.79 Å². The Morgan fingerprint density at radius 2 is 1.57 bits per heavy atom. The van der Waals surface area contributed by atoms with Gasteiger partial charge >= 0.3 is 0 Å². The summed E-state index contributed by atoms with van der Waals surface area (Å²) in [6.45, 7) is 6.94. The number of likely N-dealkylation sites (N-methyl/N-ethyl adjacent to an activating group) is 1. The molecular formula is C28H31ClN4O2. The molecule has 35 heavy (non-hydrogen) atoms. The second-order valence-electron chi connectivity index (χ2n) is 8.64. The minimum absolute atomic E-state index is 0.0954. The molecule has 1 saturated heterocycles. The molecule has 3 aromatic carbocycles. The predicted molar refractivity (Wildman–Crippen MR) is 142 cm³/mol. The van der Waals surface area contributed by atoms with Gasteiger partial charge in [0.2, 0.25) is 5.91 Å². The molecule has 1 fully saturated rings. The molecule has 1 aliphatic heterocycles. The topological polar surface area (TPSA) is 64.7 Å². The van der Waals surface area contributed by atoms with E-state index < -0.39 is 6.04 Å². The van der Waals surface area contributed by atoms with Crippen molar-refractivity contribution in [2.45, 2.75) is 19.4 Å². The molecule has 1 atom stereocenters. The number of hydrogen-bond donors (Lipinski definition) is 2. The lowest BCUT2D eigenvalue weighted by Crippen LogP contribution is -2.46. The van der Waals surface area contributed by atoms with Crippen molar-refractivity contribution in [1.82, 2.24) is 10.2 Å². The van der Waals surface area contributed by atoms with E-state index in [-0.39, 0.29) is 18.2 Å². The number of anilines is 2. The fourth-order valence-corrected chi connectivity index (χ4v) is 4.52. The van der Waals surface area contributed by atoms with Crippen LogP contribution in [0, 0.1) is 0 Å². The number of piperazine rings is 1. The van der Waals surface area contributed by atoms with Crippen molar-refractivity contribution in [3.8, 4) is 0 Å². The summed E-state index contributed by atoms with van der Waals surface area (Å²) in [5.74, 6) is -0.410. The summed E-state index contributed by atoms with van der Waals surface area (Å²) in [5, 5.41) is 6.65. The maximum absolute atomic E-state index is 13.2. The minimum atomic E-state index is -0.473. The van der Waals surface area contributed by atoms with Crippen LogP contribution in [0.15, 0.2) is 78.9 Å². The first-order valence-corrected chi connectivity index (χ1v) is 12.4. The van der Waals surface area contributed by atoms with Gasteiger partial charge in [-0.05, 0) is 42.4 Å². The lowest BCUT2D eigenvalue weighted by molar-refractivity contribution is -0.116. The van der Waals surface area contributed by atoms with Crippen molar-refractivity contribution in [2.24, 2.45) is 0 Å². The van der Waals surface area contributed by atoms with Crippen LogP contribution in [0.25, 0.3) is 0 Å². The molecule has 0 bridgehead atoms. The predicted octanol–water partition coefficient (Wildman–Crippen LogP) is 4.98. The van der Waals surface area contributed by atoms with Gasteiger partial charge in [-0.15, -0.1) is 0 Å². The molecular weight excluding hydrogens is 460 g/mol. The number of benzene rings is 3. The van der Waals surface area contributed by atoms with Gasteiger partial charge in [-0.25, -0.2) is 0 Å². The largest absolute Gasteiger partial charge is 0.367 e. The lowest BCUT2D eigenvalue weighted by Gasteiger charge is -2.36. The van der Waals surface area contributed by atoms with Gasteiger partial charge in [-0.2, -0.15) is 0 Å². The molecule has 4 rings (SSSR count). The van der Waals surface area contributed by atoms with E-state index in [0.29, 0.717) is 16.3 Å². The van der Waals surface area contributed by atoms with Crippen molar-refractivity contribution < 1.29 is 9.59 Å². The molecule has 1 aliphatic rings. The van der Waals surface area contributed by atoms with E-state index in [4.69, 9.17) is 11.6 Å². The van der Waals surface area contributed by atoms with Crippen LogP contribution in [0.4, 0.5) is 11.4 Å². The second-order valence-corrected chi connectivity index (χ2v) is 9.07. The number of nitrogens with zero attached hydrogens (tertiary/aromatic N) is 2. The maximum atomic E-state index is 13.2. The van der Waals surface area contributed by atoms with E-state index in [9.17, 15) is 9.59 Å². The normalized spacial score (nSPS) is 14.9. The molecule has 3 aromatic rings. The van der Waals surface area contributed by atoms with E-state index in [0.717, 1.165) is 44.0 Å². The molecule has 7 heteroatoms. The summed E-state index contributed by atoms with van der Waals surface area (Å²) in [6.07, 6.45) is 0.0954. The van der Waals surface area contributed by atoms with E-state index in [1.165, 1.54) is 0 Å². The number of amides is 2. The Kier molecular flexibility index (Phi) is 8.40. The smallest absolute Gasteiger partial charge is 0.251 e. The van der Waals surface area contributed by atoms with E-state index in [1.54, 1.807) is 18.2 Å². The number of nitrogens with one attached hydrogen (secondary N) is 2. The van der Waals surface area contributed by atoms with Crippen molar-refractivity contribution in [2.75, 3.05) is 42.9 Å². The quantitative estimate of drug-likeness (QED) is 0.467. The molecule has 6 nitrogen and oxygen atoms in total. The van der Waals surface area contributed by atoms with Crippen LogP contribution in [0.1, 0.15) is 35.3 Å². The Morgan fingerprint density at radius 3 is 2.23 bits per heavy atom. The first-order chi connectivity index (χ1) is 17.0. The zero-order valence-corrected chi connectivity index (χ0v) is 20.7. The summed E-state index contributed by atoms with van der Waals surface area (Å²) in [4.78, 5) is 30.8. The summed E-state index contributed by atoms with van der Waals surface area (Å²) in [5.41, 5.74) is 3.07. The highest BCUT2D eigenvalue weighted by Crippen LogP contribution is 2.31. The number of hydrogen-bond acceptors (Lipinski definition) is 4. The highest BCUT2D eigenvalue weighted by molar-refractivity contribution is 6.31. The fourth-order valence-electron chi connectivity index (χ4n) is 4.34. The van der Waals surface area contributed by atoms with Crippen LogP contribution >= 0.6 is 11.6 Å². The standard InChI is InChI=1S/C28H31ClN4O2/c1-2-32-15-17-33(18-16-32)26-14-13-23(29)19-25(26)30-27(34)20-24(21-9-5-3-6-10-21)31-28(35)22-11-7-4-8-12-22/h3-14,19,24H,2,15-18,20H2,1H3,(H,30,34)(H,31,35). The fraction of sp³-hybridized carbons (Fsp3) is 0.286. The molecule has 2 amide bonds. The first-order valence-electron chi connectivity index (χ1n) is 12.0. The maximum Gasteiger partial charge on any atom is 0.251 e. The molecule has 182 valence electrons. The molecule has 0 aliphatic carbocycles. The minimum Gasteiger partial charge on any atom is -0.367 e. The Labute approximate surface area is 211 Å². The lowest BCUT2D eigenvalue weighted by atomic mass is 10.0. The third kappa shape index (κ3) is 6.62. The van der Waals surface area contributed by atoms with Gasteiger partial charge in [0, 0.05) is 36.8 Å². The summed E-state index contributed by atoms with van der Waals surface area (Å²) in [7, 11) is 0. The van der Waals surface area contributed by atoms with E-state index in [1.807, 2.05) is 60.7 Å². The van der Waals surface area contributed by atoms with E-state index in [2.05, 4.69) is 27.4 Å². The van der Waals surface area contributed by atoms with Gasteiger partial charge in [0.15, 0.2) is 0 Å². The van der Waals surface area contributed by atoms with E-state index >= 15 is 0 Å². The van der Waals surface area contributed by atoms with Gasteiger partial charge in [0.05, 0.1) is 23.8 Å². The zero-order chi connectivity index (χ0) is 24.6. The van der Waals surface area contributed by atoms with Crippen molar-refractivity contribution in [3.63, 3.8) is 0 Å². The summed E-state index contributed by atoms with van der Waals surface area (Å²) < 4.78 is 0. The van der Waals surface area contributed by atoms with Gasteiger partial charge in [-0.1, -0.05) is 67.1 Å². The molecule has 0 aromatic heterocycles. The number of carbonyl (C=O) groups excluding carboxylic acids is 2. The molecule has 1 unspecified atom stereocenters. The number of carbonyl (C=O) groups is 2. The molecule has 1 heterocycles. The van der Waals surface area contributed by atoms with Crippen LogP contribution in [0.3, 0.4) is 0 Å². The highest BCUT2D eigenvalue weighted by Gasteiger charge is 2.22. The zero-order valence-electron chi connectivity index (χ0n) is 19.9. The van der Waals surface area contributed by atoms with Gasteiger partial charge < -0.3 is 20.4 Å². The molecule has 2 N–H and O–H groups in total. The van der Waals surface area contributed by atoms with Crippen LogP contribution in [0.2, 0.25) is 5.02 Å². The van der Waals surface area contributed by atoms with Gasteiger partial charge in [-0.3, -0.25) is 9.59 Å². The average molecular weight is 491 g/mol. The molecule has 0 saturated carbocycles. The molecule has 0 spiro atoms. The van der Waals surface area contributed by atoms with Crippen LogP contribution in [0.5, 0.6) is 0 Å². The average Bonchev–Trinajstić information content (AvgIpc) is 2.89. The Balaban J connectivity index is 1.50. The number of rotatable bonds is 8. The third-order valence-electron chi connectivity index (χ3n) is 6.33. The summed E-state index contributed by atoms with van der Waals surface area (Å²) >= 11 is 6.29. The monoisotopic (exact) mass is 490 g/mol. The van der Waals surface area contributed by atoms with Crippen molar-refractivity contribution >= 4 is 34.8 Å². The van der Waals surface area contributed by atoms with Crippen LogP contribution in [-0.4, -0.2) is 49.4 Å². The van der Waals surface area contributed by atoms with Crippen molar-refractivity contribution in [1.29, 1.82) is 0 Å².